The summed E-state index contributed by atoms with van der Waals surface area (Å²) in [5, 5.41) is 0. The van der Waals surface area contributed by atoms with E-state index < -0.39 is 0 Å². The van der Waals surface area contributed by atoms with E-state index in [9.17, 15) is 14.4 Å². The Balaban J connectivity index is 5.10. The Bertz CT molecular complexity index is 1050. The Morgan fingerprint density at radius 2 is 0.657 bits per heavy atom. The van der Waals surface area contributed by atoms with Crippen LogP contribution in [0.1, 0.15) is 311 Å². The number of ether oxygens (including phenoxy) is 2. The predicted molar refractivity (Wildman–Crippen MR) is 290 cm³/mol. The van der Waals surface area contributed by atoms with Crippen LogP contribution in [0.25, 0.3) is 0 Å². The van der Waals surface area contributed by atoms with Crippen molar-refractivity contribution in [1.82, 2.24) is 9.80 Å². The first kappa shape index (κ1) is 65.4. The summed E-state index contributed by atoms with van der Waals surface area (Å²) >= 11 is 0. The second-order valence-corrected chi connectivity index (χ2v) is 21.3. The van der Waals surface area contributed by atoms with E-state index in [1.807, 2.05) is 0 Å². The summed E-state index contributed by atoms with van der Waals surface area (Å²) in [7, 11) is 4.23. The van der Waals surface area contributed by atoms with E-state index in [2.05, 4.69) is 58.5 Å². The summed E-state index contributed by atoms with van der Waals surface area (Å²) in [4.78, 5) is 43.9. The maximum Gasteiger partial charge on any atom is 0.305 e. The number of amides is 1. The molecule has 0 aromatic heterocycles. The molecule has 7 heteroatoms. The van der Waals surface area contributed by atoms with Crippen LogP contribution >= 0.6 is 0 Å². The molecule has 1 amide bonds. The minimum Gasteiger partial charge on any atom is -0.466 e. The first-order chi connectivity index (χ1) is 32.7. The van der Waals surface area contributed by atoms with Gasteiger partial charge in [-0.05, 0) is 90.3 Å². The summed E-state index contributed by atoms with van der Waals surface area (Å²) in [6.45, 7) is 14.4. The Morgan fingerprint density at radius 3 is 1.06 bits per heavy atom. The molecule has 1 unspecified atom stereocenters. The molecule has 0 saturated carbocycles. The van der Waals surface area contributed by atoms with E-state index in [0.29, 0.717) is 56.3 Å². The third kappa shape index (κ3) is 44.1. The number of hydrogen-bond acceptors (Lipinski definition) is 6. The second kappa shape index (κ2) is 50.7. The van der Waals surface area contributed by atoms with Gasteiger partial charge in [-0.3, -0.25) is 14.4 Å². The average molecular weight is 948 g/mol. The fourth-order valence-electron chi connectivity index (χ4n) is 10.0. The van der Waals surface area contributed by atoms with Crippen molar-refractivity contribution in [2.75, 3.05) is 40.4 Å². The average Bonchev–Trinajstić information content (AvgIpc) is 3.31. The fraction of sp³-hybridized carbons (Fsp3) is 0.950. The topological polar surface area (TPSA) is 76.1 Å². The maximum atomic E-state index is 14.1. The van der Waals surface area contributed by atoms with E-state index >= 15 is 0 Å². The fourth-order valence-corrected chi connectivity index (χ4v) is 10.0. The number of esters is 2. The third-order valence-electron chi connectivity index (χ3n) is 14.5. The van der Waals surface area contributed by atoms with Crippen molar-refractivity contribution >= 4 is 17.8 Å². The van der Waals surface area contributed by atoms with Crippen LogP contribution in [0.5, 0.6) is 0 Å². The first-order valence-corrected chi connectivity index (χ1v) is 30.0. The molecule has 0 aliphatic rings. The molecule has 398 valence electrons. The molecular formula is C60H118N2O5. The van der Waals surface area contributed by atoms with E-state index in [1.165, 1.54) is 154 Å². The highest BCUT2D eigenvalue weighted by Crippen LogP contribution is 2.25. The lowest BCUT2D eigenvalue weighted by Gasteiger charge is -2.33. The van der Waals surface area contributed by atoms with Crippen LogP contribution in [-0.2, 0) is 23.9 Å². The van der Waals surface area contributed by atoms with Crippen molar-refractivity contribution in [1.29, 1.82) is 0 Å². The van der Waals surface area contributed by atoms with Gasteiger partial charge >= 0.3 is 11.9 Å². The van der Waals surface area contributed by atoms with Gasteiger partial charge in [0.25, 0.3) is 0 Å². The van der Waals surface area contributed by atoms with Crippen molar-refractivity contribution in [2.45, 2.75) is 317 Å². The normalized spacial score (nSPS) is 12.1. The molecule has 0 fully saturated rings. The van der Waals surface area contributed by atoms with Crippen LogP contribution in [0.15, 0.2) is 0 Å². The lowest BCUT2D eigenvalue weighted by Crippen LogP contribution is -2.41. The highest BCUT2D eigenvalue weighted by Gasteiger charge is 2.23. The van der Waals surface area contributed by atoms with Gasteiger partial charge in [-0.1, -0.05) is 234 Å². The Kier molecular flexibility index (Phi) is 49.5. The molecule has 0 radical (unpaired) electrons. The number of carbonyl (C=O) groups excluding carboxylic acids is 3. The van der Waals surface area contributed by atoms with Crippen LogP contribution in [0.2, 0.25) is 0 Å². The van der Waals surface area contributed by atoms with E-state index in [0.717, 1.165) is 116 Å². The third-order valence-corrected chi connectivity index (χ3v) is 14.5. The van der Waals surface area contributed by atoms with Crippen molar-refractivity contribution < 1.29 is 23.9 Å². The zero-order valence-electron chi connectivity index (χ0n) is 46.4. The van der Waals surface area contributed by atoms with E-state index in [-0.39, 0.29) is 11.9 Å². The molecule has 0 aliphatic carbocycles. The Hall–Kier alpha value is -1.63. The maximum absolute atomic E-state index is 14.1. The van der Waals surface area contributed by atoms with Gasteiger partial charge in [0, 0.05) is 31.8 Å². The summed E-state index contributed by atoms with van der Waals surface area (Å²) in [6.07, 6.45) is 49.5. The van der Waals surface area contributed by atoms with Gasteiger partial charge < -0.3 is 19.3 Å². The molecule has 0 rings (SSSR count). The molecule has 0 heterocycles. The minimum absolute atomic E-state index is 0.0180. The molecule has 0 bridgehead atoms. The summed E-state index contributed by atoms with van der Waals surface area (Å²) in [5.74, 6) is 1.70. The van der Waals surface area contributed by atoms with Gasteiger partial charge in [0.05, 0.1) is 13.2 Å². The predicted octanol–water partition coefficient (Wildman–Crippen LogP) is 17.9. The van der Waals surface area contributed by atoms with Crippen LogP contribution in [0, 0.1) is 11.8 Å². The van der Waals surface area contributed by atoms with Crippen LogP contribution in [0.4, 0.5) is 0 Å². The lowest BCUT2D eigenvalue weighted by atomic mass is 9.92. The number of unbranched alkanes of at least 4 members (excludes halogenated alkanes) is 24. The SMILES string of the molecule is CCCCCCCCCCC(CCCCCCC(=O)OCCC(CCCCC)CCCCC)N(CCCCCCCCC(=O)OCCC(CCCCC)CCCCC)C(=O)CCCCN(C)C. The van der Waals surface area contributed by atoms with Gasteiger partial charge in [0.15, 0.2) is 0 Å². The molecule has 0 spiro atoms. The molecule has 67 heavy (non-hydrogen) atoms. The molecule has 0 aromatic rings. The number of carbonyl (C=O) groups is 3. The summed E-state index contributed by atoms with van der Waals surface area (Å²) < 4.78 is 11.5. The highest BCUT2D eigenvalue weighted by molar-refractivity contribution is 5.76. The summed E-state index contributed by atoms with van der Waals surface area (Å²) in [5.41, 5.74) is 0. The second-order valence-electron chi connectivity index (χ2n) is 21.3. The zero-order chi connectivity index (χ0) is 49.3. The minimum atomic E-state index is -0.0214. The van der Waals surface area contributed by atoms with Gasteiger partial charge in [-0.2, -0.15) is 0 Å². The quantitative estimate of drug-likeness (QED) is 0.0447. The highest BCUT2D eigenvalue weighted by atomic mass is 16.5. The molecule has 0 aromatic carbocycles. The largest absolute Gasteiger partial charge is 0.466 e. The first-order valence-electron chi connectivity index (χ1n) is 30.0. The number of rotatable bonds is 53. The monoisotopic (exact) mass is 947 g/mol. The van der Waals surface area contributed by atoms with Gasteiger partial charge in [0.1, 0.15) is 0 Å². The van der Waals surface area contributed by atoms with Crippen molar-refractivity contribution in [3.8, 4) is 0 Å². The van der Waals surface area contributed by atoms with Crippen molar-refractivity contribution in [3.05, 3.63) is 0 Å². The molecule has 0 saturated heterocycles. The molecule has 0 N–H and O–H groups in total. The van der Waals surface area contributed by atoms with Gasteiger partial charge in [-0.25, -0.2) is 0 Å². The lowest BCUT2D eigenvalue weighted by molar-refractivity contribution is -0.145. The van der Waals surface area contributed by atoms with Gasteiger partial charge in [-0.15, -0.1) is 0 Å². The zero-order valence-corrected chi connectivity index (χ0v) is 46.4. The number of nitrogens with zero attached hydrogens (tertiary/aromatic N) is 2. The standard InChI is InChI=1S/C60H118N2O5/c1-8-13-18-19-20-21-24-33-44-57(45-34-26-27-36-48-60(65)67-54-50-56(42-31-16-11-4)43-32-17-12-5)62(58(63)46-37-39-51-61(6)7)52-38-28-23-22-25-35-47-59(64)66-53-49-55(40-29-14-9-2)41-30-15-10-3/h55-57H,8-54H2,1-7H3. The van der Waals surface area contributed by atoms with E-state index in [1.54, 1.807) is 0 Å². The van der Waals surface area contributed by atoms with Crippen molar-refractivity contribution in [3.63, 3.8) is 0 Å². The van der Waals surface area contributed by atoms with Crippen LogP contribution in [0.3, 0.4) is 0 Å². The van der Waals surface area contributed by atoms with Crippen molar-refractivity contribution in [2.24, 2.45) is 11.8 Å². The number of hydrogen-bond donors (Lipinski definition) is 0. The van der Waals surface area contributed by atoms with E-state index in [4.69, 9.17) is 9.47 Å². The van der Waals surface area contributed by atoms with Crippen LogP contribution < -0.4 is 0 Å². The molecule has 0 aliphatic heterocycles. The van der Waals surface area contributed by atoms with Gasteiger partial charge in [0.2, 0.25) is 5.91 Å². The Morgan fingerprint density at radius 1 is 0.343 bits per heavy atom. The smallest absolute Gasteiger partial charge is 0.305 e. The molecule has 7 nitrogen and oxygen atoms in total. The Labute approximate surface area is 419 Å². The van der Waals surface area contributed by atoms with Crippen LogP contribution in [-0.4, -0.2) is 74.1 Å². The summed E-state index contributed by atoms with van der Waals surface area (Å²) in [6, 6.07) is 0.308. The molecular weight excluding hydrogens is 829 g/mol. The molecule has 1 atom stereocenters.